The van der Waals surface area contributed by atoms with E-state index in [-0.39, 0.29) is 11.7 Å². The van der Waals surface area contributed by atoms with Crippen molar-refractivity contribution in [2.45, 2.75) is 6.92 Å². The Morgan fingerprint density at radius 3 is 2.41 bits per heavy atom. The van der Waals surface area contributed by atoms with Gasteiger partial charge in [-0.25, -0.2) is 0 Å². The minimum absolute atomic E-state index is 0.140. The van der Waals surface area contributed by atoms with Gasteiger partial charge in [-0.05, 0) is 30.9 Å². The number of carbonyl (C=O) groups is 1. The smallest absolute Gasteiger partial charge is 0.248 e. The van der Waals surface area contributed by atoms with Gasteiger partial charge in [-0.1, -0.05) is 11.4 Å². The van der Waals surface area contributed by atoms with Gasteiger partial charge in [-0.3, -0.25) is 15.6 Å². The molecule has 6 nitrogen and oxygen atoms in total. The molecule has 0 fully saturated rings. The van der Waals surface area contributed by atoms with Gasteiger partial charge in [0.1, 0.15) is 0 Å². The van der Waals surface area contributed by atoms with Gasteiger partial charge in [-0.2, -0.15) is 0 Å². The molecule has 0 rings (SSSR count). The number of hydrogen-bond acceptors (Lipinski definition) is 6. The van der Waals surface area contributed by atoms with E-state index in [1.54, 1.807) is 0 Å². The standard InChI is InChI=1S/C7H16N3O3PS3/c1-4-8-7(15)10-9-6(11)5-17-14(16,12-2)13-3/h4-5H2,1-3H3,(H,9,11)(H2,8,10,15). The van der Waals surface area contributed by atoms with Crippen LogP contribution in [0.4, 0.5) is 0 Å². The second kappa shape index (κ2) is 9.07. The average molecular weight is 317 g/mol. The molecule has 0 aliphatic heterocycles. The van der Waals surface area contributed by atoms with Gasteiger partial charge >= 0.3 is 0 Å². The van der Waals surface area contributed by atoms with E-state index in [2.05, 4.69) is 16.2 Å². The van der Waals surface area contributed by atoms with Gasteiger partial charge in [0.05, 0.1) is 5.75 Å². The Hall–Kier alpha value is 0.0800. The minimum atomic E-state index is -2.38. The Kier molecular flexibility index (Phi) is 9.11. The predicted molar refractivity (Wildman–Crippen MR) is 78.3 cm³/mol. The lowest BCUT2D eigenvalue weighted by Gasteiger charge is -2.16. The first-order valence-electron chi connectivity index (χ1n) is 4.66. The molecule has 0 aliphatic rings. The fourth-order valence-corrected chi connectivity index (χ4v) is 3.52. The fraction of sp³-hybridized carbons (Fsp3) is 0.714. The lowest BCUT2D eigenvalue weighted by atomic mass is 10.7. The van der Waals surface area contributed by atoms with E-state index < -0.39 is 5.69 Å². The maximum absolute atomic E-state index is 11.4. The molecule has 17 heavy (non-hydrogen) atoms. The van der Waals surface area contributed by atoms with Crippen molar-refractivity contribution in [3.63, 3.8) is 0 Å². The van der Waals surface area contributed by atoms with Crippen molar-refractivity contribution < 1.29 is 13.8 Å². The number of amides is 1. The van der Waals surface area contributed by atoms with Gasteiger partial charge < -0.3 is 14.4 Å². The van der Waals surface area contributed by atoms with Crippen LogP contribution in [0.3, 0.4) is 0 Å². The first-order chi connectivity index (χ1) is 7.97. The molecule has 0 atom stereocenters. The number of rotatable bonds is 6. The van der Waals surface area contributed by atoms with E-state index in [1.807, 2.05) is 6.92 Å². The van der Waals surface area contributed by atoms with Crippen molar-refractivity contribution in [3.8, 4) is 0 Å². The normalized spacial score (nSPS) is 10.8. The van der Waals surface area contributed by atoms with Gasteiger partial charge in [0.25, 0.3) is 0 Å². The number of hydrazine groups is 1. The lowest BCUT2D eigenvalue weighted by Crippen LogP contribution is -2.47. The van der Waals surface area contributed by atoms with Crippen molar-refractivity contribution in [3.05, 3.63) is 0 Å². The van der Waals surface area contributed by atoms with Crippen LogP contribution in [-0.2, 0) is 25.6 Å². The molecule has 100 valence electrons. The largest absolute Gasteiger partial charge is 0.362 e. The Morgan fingerprint density at radius 2 is 1.94 bits per heavy atom. The number of nitrogens with one attached hydrogen (secondary N) is 3. The molecule has 1 amide bonds. The summed E-state index contributed by atoms with van der Waals surface area (Å²) < 4.78 is 10.1. The highest BCUT2D eigenvalue weighted by Gasteiger charge is 2.18. The van der Waals surface area contributed by atoms with E-state index >= 15 is 0 Å². The van der Waals surface area contributed by atoms with Crippen LogP contribution in [0.25, 0.3) is 0 Å². The zero-order valence-electron chi connectivity index (χ0n) is 9.81. The fourth-order valence-electron chi connectivity index (χ4n) is 0.685. The Labute approximate surface area is 115 Å². The van der Waals surface area contributed by atoms with E-state index in [0.717, 1.165) is 11.4 Å². The highest BCUT2D eigenvalue weighted by molar-refractivity contribution is 8.68. The summed E-state index contributed by atoms with van der Waals surface area (Å²) in [6, 6.07) is 0. The summed E-state index contributed by atoms with van der Waals surface area (Å²) in [5.74, 6) is -0.112. The summed E-state index contributed by atoms with van der Waals surface area (Å²) in [5.41, 5.74) is 2.61. The highest BCUT2D eigenvalue weighted by atomic mass is 32.9. The highest BCUT2D eigenvalue weighted by Crippen LogP contribution is 2.59. The zero-order valence-corrected chi connectivity index (χ0v) is 13.2. The van der Waals surface area contributed by atoms with Crippen LogP contribution in [0.15, 0.2) is 0 Å². The molecule has 0 aliphatic carbocycles. The van der Waals surface area contributed by atoms with Crippen LogP contribution in [0.5, 0.6) is 0 Å². The van der Waals surface area contributed by atoms with Gasteiger partial charge in [0.15, 0.2) is 5.11 Å². The van der Waals surface area contributed by atoms with Crippen molar-refractivity contribution in [2.24, 2.45) is 0 Å². The first kappa shape index (κ1) is 17.1. The molecule has 0 aromatic heterocycles. The number of hydrogen-bond donors (Lipinski definition) is 3. The minimum Gasteiger partial charge on any atom is -0.362 e. The second-order valence-electron chi connectivity index (χ2n) is 2.62. The van der Waals surface area contributed by atoms with E-state index in [0.29, 0.717) is 11.7 Å². The molecule has 0 saturated carbocycles. The molecule has 0 saturated heterocycles. The summed E-state index contributed by atoms with van der Waals surface area (Å²) in [6.45, 7) is 2.59. The van der Waals surface area contributed by atoms with Crippen LogP contribution >= 0.6 is 29.3 Å². The lowest BCUT2D eigenvalue weighted by molar-refractivity contribution is -0.119. The third-order valence-electron chi connectivity index (χ3n) is 1.45. The quantitative estimate of drug-likeness (QED) is 0.377. The van der Waals surface area contributed by atoms with Crippen LogP contribution in [0.2, 0.25) is 0 Å². The summed E-state index contributed by atoms with van der Waals surface area (Å²) in [4.78, 5) is 11.4. The van der Waals surface area contributed by atoms with Crippen LogP contribution < -0.4 is 16.2 Å². The molecule has 0 radical (unpaired) electrons. The molecular formula is C7H16N3O3PS3. The number of carbonyl (C=O) groups excluding carboxylic acids is 1. The molecule has 0 spiro atoms. The topological polar surface area (TPSA) is 71.6 Å². The van der Waals surface area contributed by atoms with Gasteiger partial charge in [0, 0.05) is 20.8 Å². The summed E-state index contributed by atoms with van der Waals surface area (Å²) in [7, 11) is 2.93. The Morgan fingerprint density at radius 1 is 1.35 bits per heavy atom. The molecule has 0 bridgehead atoms. The van der Waals surface area contributed by atoms with Crippen molar-refractivity contribution in [1.82, 2.24) is 16.2 Å². The Balaban J connectivity index is 3.88. The monoisotopic (exact) mass is 317 g/mol. The molecule has 0 unspecified atom stereocenters. The number of thiocarbonyl (C=S) groups is 1. The zero-order chi connectivity index (χ0) is 13.3. The maximum atomic E-state index is 11.4. The van der Waals surface area contributed by atoms with Crippen LogP contribution in [0.1, 0.15) is 6.92 Å². The summed E-state index contributed by atoms with van der Waals surface area (Å²) in [5, 5.41) is 3.20. The molecule has 10 heteroatoms. The van der Waals surface area contributed by atoms with Gasteiger partial charge in [-0.15, -0.1) is 0 Å². The van der Waals surface area contributed by atoms with Gasteiger partial charge in [0.2, 0.25) is 11.6 Å². The van der Waals surface area contributed by atoms with E-state index in [4.69, 9.17) is 33.1 Å². The average Bonchev–Trinajstić information content (AvgIpc) is 2.34. The van der Waals surface area contributed by atoms with Crippen molar-refractivity contribution in [2.75, 3.05) is 26.5 Å². The maximum Gasteiger partial charge on any atom is 0.248 e. The SMILES string of the molecule is CCNC(=S)NNC(=O)CSP(=S)(OC)OC. The molecule has 3 N–H and O–H groups in total. The van der Waals surface area contributed by atoms with Crippen LogP contribution in [-0.4, -0.2) is 37.5 Å². The van der Waals surface area contributed by atoms with Crippen LogP contribution in [0, 0.1) is 0 Å². The molecule has 0 aromatic carbocycles. The summed E-state index contributed by atoms with van der Waals surface area (Å²) >= 11 is 11.1. The summed E-state index contributed by atoms with van der Waals surface area (Å²) in [6.07, 6.45) is 0. The third-order valence-corrected chi connectivity index (χ3v) is 7.38. The molecular weight excluding hydrogens is 301 g/mol. The second-order valence-corrected chi connectivity index (χ2v) is 9.55. The third kappa shape index (κ3) is 7.91. The van der Waals surface area contributed by atoms with Crippen molar-refractivity contribution in [1.29, 1.82) is 0 Å². The van der Waals surface area contributed by atoms with E-state index in [9.17, 15) is 4.79 Å². The van der Waals surface area contributed by atoms with E-state index in [1.165, 1.54) is 14.2 Å². The van der Waals surface area contributed by atoms with Crippen molar-refractivity contribution >= 4 is 52.1 Å². The predicted octanol–water partition coefficient (Wildman–Crippen LogP) is 0.752. The Bertz CT molecular complexity index is 308. The molecule has 0 heterocycles. The molecule has 0 aromatic rings. The first-order valence-corrected chi connectivity index (χ1v) is 9.30.